The lowest BCUT2D eigenvalue weighted by Crippen LogP contribution is -2.35. The molecule has 1 fully saturated rings. The summed E-state index contributed by atoms with van der Waals surface area (Å²) in [5.41, 5.74) is 0.383. The van der Waals surface area contributed by atoms with Crippen molar-refractivity contribution < 1.29 is 19.4 Å². The molecule has 0 saturated heterocycles. The summed E-state index contributed by atoms with van der Waals surface area (Å²) in [6, 6.07) is 7.83. The van der Waals surface area contributed by atoms with Crippen LogP contribution in [0.5, 0.6) is 5.75 Å². The first kappa shape index (κ1) is 20.2. The Kier molecular flexibility index (Phi) is 9.08. The molecule has 2 rings (SSSR count). The van der Waals surface area contributed by atoms with Crippen molar-refractivity contribution in [2.24, 2.45) is 0 Å². The minimum atomic E-state index is -1.12. The van der Waals surface area contributed by atoms with E-state index in [9.17, 15) is 9.59 Å². The van der Waals surface area contributed by atoms with E-state index in [1.807, 2.05) is 0 Å². The average Bonchev–Trinajstić information content (AvgIpc) is 2.55. The quantitative estimate of drug-likeness (QED) is 0.613. The van der Waals surface area contributed by atoms with Crippen molar-refractivity contribution >= 4 is 11.8 Å². The molecule has 0 heterocycles. The fraction of sp³-hybridized carbons (Fsp3) is 0.579. The number of hydrogen-bond donors (Lipinski definition) is 2. The number of methoxy groups -OCH3 is 1. The third kappa shape index (κ3) is 8.11. The SMILES string of the molecule is CC(C)NC1CCCCC1.COc1ccc(C(=O)CC(=O)O)cc1. The fourth-order valence-electron chi connectivity index (χ4n) is 2.76. The van der Waals surface area contributed by atoms with E-state index in [0.29, 0.717) is 17.4 Å². The van der Waals surface area contributed by atoms with Crippen LogP contribution in [0.4, 0.5) is 0 Å². The van der Waals surface area contributed by atoms with Gasteiger partial charge in [0, 0.05) is 17.6 Å². The maximum Gasteiger partial charge on any atom is 0.311 e. The molecule has 24 heavy (non-hydrogen) atoms. The maximum absolute atomic E-state index is 11.2. The first-order chi connectivity index (χ1) is 11.4. The molecule has 0 spiro atoms. The van der Waals surface area contributed by atoms with Gasteiger partial charge in [0.05, 0.1) is 7.11 Å². The highest BCUT2D eigenvalue weighted by molar-refractivity contribution is 6.05. The van der Waals surface area contributed by atoms with Crippen LogP contribution in [0, 0.1) is 0 Å². The Morgan fingerprint density at radius 1 is 1.17 bits per heavy atom. The molecule has 0 aromatic heterocycles. The fourth-order valence-corrected chi connectivity index (χ4v) is 2.76. The number of rotatable bonds is 6. The standard InChI is InChI=1S/C10H10O4.C9H19N/c1-14-8-4-2-7(3-5-8)9(11)6-10(12)13;1-8(2)10-9-6-4-3-5-7-9/h2-5H,6H2,1H3,(H,12,13);8-10H,3-7H2,1-2H3. The van der Waals surface area contributed by atoms with Crippen LogP contribution in [-0.4, -0.2) is 36.1 Å². The minimum Gasteiger partial charge on any atom is -0.497 e. The van der Waals surface area contributed by atoms with Crippen molar-refractivity contribution in [3.63, 3.8) is 0 Å². The number of carbonyl (C=O) groups is 2. The number of ether oxygens (including phenoxy) is 1. The number of carboxylic acids is 1. The van der Waals surface area contributed by atoms with Crippen LogP contribution in [0.25, 0.3) is 0 Å². The van der Waals surface area contributed by atoms with Crippen LogP contribution in [0.3, 0.4) is 0 Å². The Labute approximate surface area is 144 Å². The highest BCUT2D eigenvalue weighted by Crippen LogP contribution is 2.17. The molecule has 1 aromatic carbocycles. The first-order valence-electron chi connectivity index (χ1n) is 8.57. The van der Waals surface area contributed by atoms with Gasteiger partial charge in [0.25, 0.3) is 0 Å². The van der Waals surface area contributed by atoms with Gasteiger partial charge >= 0.3 is 5.97 Å². The van der Waals surface area contributed by atoms with Crippen LogP contribution >= 0.6 is 0 Å². The van der Waals surface area contributed by atoms with E-state index >= 15 is 0 Å². The molecule has 5 heteroatoms. The van der Waals surface area contributed by atoms with Gasteiger partial charge in [-0.2, -0.15) is 0 Å². The van der Waals surface area contributed by atoms with Gasteiger partial charge in [-0.05, 0) is 37.1 Å². The number of Topliss-reactive ketones (excluding diaryl/α,β-unsaturated/α-hetero) is 1. The van der Waals surface area contributed by atoms with E-state index < -0.39 is 18.2 Å². The normalized spacial score (nSPS) is 14.7. The number of carboxylic acid groups (broad SMARTS) is 1. The van der Waals surface area contributed by atoms with Gasteiger partial charge in [0.1, 0.15) is 12.2 Å². The Morgan fingerprint density at radius 3 is 2.21 bits per heavy atom. The number of hydrogen-bond acceptors (Lipinski definition) is 4. The van der Waals surface area contributed by atoms with E-state index in [2.05, 4.69) is 19.2 Å². The third-order valence-electron chi connectivity index (χ3n) is 3.90. The molecule has 0 aliphatic heterocycles. The van der Waals surface area contributed by atoms with Gasteiger partial charge in [-0.15, -0.1) is 0 Å². The second-order valence-electron chi connectivity index (χ2n) is 6.38. The van der Waals surface area contributed by atoms with E-state index in [1.54, 1.807) is 24.3 Å². The molecule has 1 aromatic rings. The summed E-state index contributed by atoms with van der Waals surface area (Å²) in [4.78, 5) is 21.5. The molecule has 1 saturated carbocycles. The van der Waals surface area contributed by atoms with Crippen LogP contribution in [0.2, 0.25) is 0 Å². The maximum atomic E-state index is 11.2. The lowest BCUT2D eigenvalue weighted by Gasteiger charge is -2.24. The Bertz CT molecular complexity index is 505. The molecular weight excluding hydrogens is 306 g/mol. The molecule has 0 bridgehead atoms. The summed E-state index contributed by atoms with van der Waals surface area (Å²) < 4.78 is 4.90. The van der Waals surface area contributed by atoms with Gasteiger partial charge in [-0.3, -0.25) is 9.59 Å². The van der Waals surface area contributed by atoms with E-state index in [-0.39, 0.29) is 0 Å². The van der Waals surface area contributed by atoms with Crippen molar-refractivity contribution in [3.05, 3.63) is 29.8 Å². The van der Waals surface area contributed by atoms with Crippen LogP contribution in [0.1, 0.15) is 62.7 Å². The molecule has 5 nitrogen and oxygen atoms in total. The second-order valence-corrected chi connectivity index (χ2v) is 6.38. The lowest BCUT2D eigenvalue weighted by atomic mass is 9.95. The van der Waals surface area contributed by atoms with Gasteiger partial charge < -0.3 is 15.2 Å². The van der Waals surface area contributed by atoms with Crippen molar-refractivity contribution in [1.82, 2.24) is 5.32 Å². The molecule has 134 valence electrons. The zero-order chi connectivity index (χ0) is 17.9. The molecule has 2 N–H and O–H groups in total. The van der Waals surface area contributed by atoms with Crippen molar-refractivity contribution in [2.45, 2.75) is 64.5 Å². The number of ketones is 1. The summed E-state index contributed by atoms with van der Waals surface area (Å²) in [7, 11) is 1.52. The zero-order valence-electron chi connectivity index (χ0n) is 14.9. The zero-order valence-corrected chi connectivity index (χ0v) is 14.9. The van der Waals surface area contributed by atoms with Crippen molar-refractivity contribution in [1.29, 1.82) is 0 Å². The van der Waals surface area contributed by atoms with Gasteiger partial charge in [0.15, 0.2) is 5.78 Å². The Balaban J connectivity index is 0.000000254. The van der Waals surface area contributed by atoms with Crippen molar-refractivity contribution in [3.8, 4) is 5.75 Å². The first-order valence-corrected chi connectivity index (χ1v) is 8.57. The summed E-state index contributed by atoms with van der Waals surface area (Å²) in [6.07, 6.45) is 6.65. The minimum absolute atomic E-state index is 0.383. The highest BCUT2D eigenvalue weighted by Gasteiger charge is 2.12. The molecule has 1 aliphatic rings. The number of carbonyl (C=O) groups excluding carboxylic acids is 1. The second kappa shape index (κ2) is 10.8. The predicted molar refractivity (Wildman–Crippen MR) is 94.7 cm³/mol. The van der Waals surface area contributed by atoms with Crippen LogP contribution in [0.15, 0.2) is 24.3 Å². The largest absolute Gasteiger partial charge is 0.497 e. The van der Waals surface area contributed by atoms with Crippen LogP contribution < -0.4 is 10.1 Å². The van der Waals surface area contributed by atoms with E-state index in [4.69, 9.17) is 9.84 Å². The summed E-state index contributed by atoms with van der Waals surface area (Å²) >= 11 is 0. The topological polar surface area (TPSA) is 75.6 Å². The lowest BCUT2D eigenvalue weighted by molar-refractivity contribution is -0.135. The van der Waals surface area contributed by atoms with E-state index in [0.717, 1.165) is 6.04 Å². The molecule has 0 atom stereocenters. The number of aliphatic carboxylic acids is 1. The Morgan fingerprint density at radius 2 is 1.75 bits per heavy atom. The van der Waals surface area contributed by atoms with Crippen LogP contribution in [-0.2, 0) is 4.79 Å². The number of benzene rings is 1. The highest BCUT2D eigenvalue weighted by atomic mass is 16.5. The number of nitrogens with one attached hydrogen (secondary N) is 1. The molecular formula is C19H29NO4. The summed E-state index contributed by atoms with van der Waals surface area (Å²) in [5.74, 6) is -0.886. The monoisotopic (exact) mass is 335 g/mol. The predicted octanol–water partition coefficient (Wildman–Crippen LogP) is 3.67. The smallest absolute Gasteiger partial charge is 0.311 e. The average molecular weight is 335 g/mol. The van der Waals surface area contributed by atoms with Gasteiger partial charge in [0.2, 0.25) is 0 Å². The summed E-state index contributed by atoms with van der Waals surface area (Å²) in [5, 5.41) is 12.0. The summed E-state index contributed by atoms with van der Waals surface area (Å²) in [6.45, 7) is 4.46. The van der Waals surface area contributed by atoms with E-state index in [1.165, 1.54) is 39.2 Å². The molecule has 0 amide bonds. The third-order valence-corrected chi connectivity index (χ3v) is 3.90. The van der Waals surface area contributed by atoms with Crippen molar-refractivity contribution in [2.75, 3.05) is 7.11 Å². The van der Waals surface area contributed by atoms with Gasteiger partial charge in [-0.25, -0.2) is 0 Å². The molecule has 0 radical (unpaired) electrons. The van der Waals surface area contributed by atoms with Gasteiger partial charge in [-0.1, -0.05) is 33.1 Å². The molecule has 0 unspecified atom stereocenters. The molecule has 1 aliphatic carbocycles. The Hall–Kier alpha value is -1.88.